The summed E-state index contributed by atoms with van der Waals surface area (Å²) < 4.78 is 28.1. The first-order chi connectivity index (χ1) is 59.9. The summed E-state index contributed by atoms with van der Waals surface area (Å²) in [7, 11) is 0. The van der Waals surface area contributed by atoms with Gasteiger partial charge in [0.25, 0.3) is 22.2 Å². The predicted molar refractivity (Wildman–Crippen MR) is 488 cm³/mol. The minimum absolute atomic E-state index is 0.0351. The number of pyridine rings is 4. The monoisotopic (exact) mass is 1640 g/mol. The van der Waals surface area contributed by atoms with Crippen LogP contribution in [0.5, 0.6) is 0 Å². The summed E-state index contributed by atoms with van der Waals surface area (Å²) in [6.07, 6.45) is 25.2. The first kappa shape index (κ1) is 80.1. The number of hydrogen-bond acceptors (Lipinski definition) is 12. The van der Waals surface area contributed by atoms with E-state index in [2.05, 4.69) is 103 Å². The second kappa shape index (κ2) is 36.9. The Morgan fingerprint density at radius 2 is 0.533 bits per heavy atom. The molecule has 0 radical (unpaired) electrons. The van der Waals surface area contributed by atoms with Crippen molar-refractivity contribution >= 4 is 66.0 Å². The van der Waals surface area contributed by atoms with E-state index in [1.165, 1.54) is 127 Å². The van der Waals surface area contributed by atoms with Crippen LogP contribution in [-0.4, -0.2) is 156 Å². The van der Waals surface area contributed by atoms with E-state index in [1.54, 1.807) is 60.9 Å². The lowest BCUT2D eigenvalue weighted by Crippen LogP contribution is -2.24. The average molecular weight is 1640 g/mol. The van der Waals surface area contributed by atoms with Crippen molar-refractivity contribution < 1.29 is 4.39 Å². The fourth-order valence-electron chi connectivity index (χ4n) is 17.4. The Kier molecular flexibility index (Phi) is 24.2. The Bertz CT molecular complexity index is 6600. The molecule has 4 aliphatic heterocycles. The van der Waals surface area contributed by atoms with Crippen LogP contribution in [0.15, 0.2) is 311 Å². The van der Waals surface area contributed by atoms with Gasteiger partial charge in [-0.05, 0) is 286 Å². The van der Waals surface area contributed by atoms with Gasteiger partial charge in [0.15, 0.2) is 0 Å². The smallest absolute Gasteiger partial charge is 0.255 e. The standard InChI is InChI=1S/C28H26N4O.C24H23ClN4O.C24H23FN4O.C24H24N4O/c33-28-19-24(23-8-7-21-5-1-2-6-22(21)17-23)11-14-31(28)26-9-10-27-25(18-26)20-29-32(27)16-15-30-12-3-4-13-30;2*25-21-5-3-18(4-6-21)19-9-12-28(24(30)16-19)22-7-8-23-20(15-22)17-26-29(23)14-13-27-10-1-2-11-27;29-24-17-20(19-6-2-1-3-7-19)10-13-27(24)22-8-9-23-21(16-22)18-25-28(23)15-14-26-11-4-5-12-26/h1-2,5-11,14,17-20H,3-4,12-13,15-16H2;2*3-9,12,15-17H,1-2,10-11,13-14H2;1-3,6-10,13,16-18H,4-5,11-12,14-15H2. The van der Waals surface area contributed by atoms with Gasteiger partial charge < -0.3 is 19.6 Å². The third kappa shape index (κ3) is 18.5. The first-order valence-corrected chi connectivity index (χ1v) is 43.0. The van der Waals surface area contributed by atoms with Crippen LogP contribution in [0.2, 0.25) is 5.02 Å². The van der Waals surface area contributed by atoms with Crippen LogP contribution in [-0.2, 0) is 26.2 Å². The summed E-state index contributed by atoms with van der Waals surface area (Å²) in [5, 5.41) is 25.5. The molecule has 614 valence electrons. The summed E-state index contributed by atoms with van der Waals surface area (Å²) in [6.45, 7) is 17.2. The lowest BCUT2D eigenvalue weighted by molar-refractivity contribution is 0.318. The van der Waals surface area contributed by atoms with Crippen molar-refractivity contribution in [2.75, 3.05) is 78.5 Å². The van der Waals surface area contributed by atoms with Gasteiger partial charge in [0.2, 0.25) is 0 Å². The molecule has 0 atom stereocenters. The Labute approximate surface area is 711 Å². The minimum Gasteiger partial charge on any atom is -0.301 e. The molecular formula is C100H96ClFN16O4. The number of fused-ring (bicyclic) bond motifs is 5. The van der Waals surface area contributed by atoms with Crippen LogP contribution >= 0.6 is 11.6 Å². The molecule has 4 fully saturated rings. The largest absolute Gasteiger partial charge is 0.301 e. The third-order valence-corrected chi connectivity index (χ3v) is 24.4. The number of hydrogen-bond donors (Lipinski definition) is 0. The van der Waals surface area contributed by atoms with Crippen molar-refractivity contribution in [1.29, 1.82) is 0 Å². The summed E-state index contributed by atoms with van der Waals surface area (Å²) in [6, 6.07) is 77.0. The lowest BCUT2D eigenvalue weighted by atomic mass is 10.0. The number of nitrogens with zero attached hydrogens (tertiary/aromatic N) is 16. The van der Waals surface area contributed by atoms with Crippen LogP contribution < -0.4 is 22.2 Å². The zero-order chi connectivity index (χ0) is 82.8. The Balaban J connectivity index is 0.000000111. The van der Waals surface area contributed by atoms with Crippen molar-refractivity contribution in [3.8, 4) is 67.3 Å². The predicted octanol–water partition coefficient (Wildman–Crippen LogP) is 17.7. The maximum Gasteiger partial charge on any atom is 0.255 e. The molecule has 4 saturated heterocycles. The summed E-state index contributed by atoms with van der Waals surface area (Å²) >= 11 is 5.96. The molecule has 22 heteroatoms. The maximum atomic E-state index is 13.1. The second-order valence-corrected chi connectivity index (χ2v) is 32.5. The van der Waals surface area contributed by atoms with Crippen molar-refractivity contribution in [2.45, 2.75) is 77.5 Å². The van der Waals surface area contributed by atoms with Gasteiger partial charge in [-0.2, -0.15) is 20.4 Å². The Morgan fingerprint density at radius 1 is 0.254 bits per heavy atom. The van der Waals surface area contributed by atoms with Gasteiger partial charge in [0.05, 0.1) is 73.0 Å². The Morgan fingerprint density at radius 3 is 0.861 bits per heavy atom. The van der Waals surface area contributed by atoms with Gasteiger partial charge in [-0.25, -0.2) is 4.39 Å². The zero-order valence-electron chi connectivity index (χ0n) is 68.2. The van der Waals surface area contributed by atoms with E-state index in [9.17, 15) is 23.6 Å². The van der Waals surface area contributed by atoms with E-state index >= 15 is 0 Å². The molecular weight excluding hydrogens is 1540 g/mol. The SMILES string of the molecule is O=c1cc(-c2ccc(Cl)cc2)ccn1-c1ccc2c(cnn2CCN2CCCC2)c1.O=c1cc(-c2ccc(F)cc2)ccn1-c1ccc2c(cnn2CCN2CCCC2)c1.O=c1cc(-c2ccc3ccccc3c2)ccn1-c1ccc2c(cnn2CCN2CCCC2)c1.O=c1cc(-c2ccccc2)ccn1-c1ccc2c(cnn2CCN2CCCC2)c1. The van der Waals surface area contributed by atoms with Gasteiger partial charge in [-0.15, -0.1) is 0 Å². The summed E-state index contributed by atoms with van der Waals surface area (Å²) in [5.74, 6) is -0.290. The van der Waals surface area contributed by atoms with Gasteiger partial charge in [-0.1, -0.05) is 103 Å². The lowest BCUT2D eigenvalue weighted by Gasteiger charge is -2.14. The summed E-state index contributed by atoms with van der Waals surface area (Å²) in [4.78, 5) is 61.2. The zero-order valence-corrected chi connectivity index (χ0v) is 69.0. The normalized spacial score (nSPS) is 14.5. The molecule has 0 bridgehead atoms. The molecule has 21 rings (SSSR count). The highest BCUT2D eigenvalue weighted by Gasteiger charge is 2.20. The topological polar surface area (TPSA) is 172 Å². The van der Waals surface area contributed by atoms with Crippen LogP contribution in [0.25, 0.3) is 122 Å². The molecule has 12 heterocycles. The molecule has 17 aromatic rings. The minimum atomic E-state index is -0.290. The van der Waals surface area contributed by atoms with Gasteiger partial charge in [-0.3, -0.25) is 56.2 Å². The number of benzene rings is 9. The number of aromatic nitrogens is 12. The van der Waals surface area contributed by atoms with Gasteiger partial charge in [0, 0.05) is 125 Å². The molecule has 8 aromatic heterocycles. The Hall–Kier alpha value is -13.0. The second-order valence-electron chi connectivity index (χ2n) is 32.1. The highest BCUT2D eigenvalue weighted by molar-refractivity contribution is 6.30. The van der Waals surface area contributed by atoms with Crippen LogP contribution in [0.4, 0.5) is 4.39 Å². The fourth-order valence-corrected chi connectivity index (χ4v) is 17.5. The van der Waals surface area contributed by atoms with Crippen molar-refractivity contribution in [2.24, 2.45) is 0 Å². The fraction of sp³-hybridized carbons (Fsp3) is 0.240. The molecule has 20 nitrogen and oxygen atoms in total. The van der Waals surface area contributed by atoms with E-state index in [0.29, 0.717) is 5.02 Å². The molecule has 4 aliphatic rings. The number of rotatable bonds is 20. The van der Waals surface area contributed by atoms with Gasteiger partial charge >= 0.3 is 0 Å². The maximum absolute atomic E-state index is 13.1. The van der Waals surface area contributed by atoms with Gasteiger partial charge in [0.1, 0.15) is 5.82 Å². The highest BCUT2D eigenvalue weighted by atomic mass is 35.5. The number of halogens is 2. The number of likely N-dealkylation sites (tertiary alicyclic amines) is 4. The molecule has 0 unspecified atom stereocenters. The molecule has 0 spiro atoms. The average Bonchev–Trinajstić information content (AvgIpc) is 1.60. The van der Waals surface area contributed by atoms with E-state index in [-0.39, 0.29) is 28.1 Å². The molecule has 0 N–H and O–H groups in total. The van der Waals surface area contributed by atoms with Crippen molar-refractivity contribution in [3.63, 3.8) is 0 Å². The first-order valence-electron chi connectivity index (χ1n) is 42.6. The van der Waals surface area contributed by atoms with E-state index in [0.717, 1.165) is 163 Å². The quantitative estimate of drug-likeness (QED) is 0.0708. The van der Waals surface area contributed by atoms with E-state index < -0.39 is 0 Å². The highest BCUT2D eigenvalue weighted by Crippen LogP contribution is 2.30. The molecule has 122 heavy (non-hydrogen) atoms. The van der Waals surface area contributed by atoms with E-state index in [4.69, 9.17) is 11.6 Å². The summed E-state index contributed by atoms with van der Waals surface area (Å²) in [5.41, 5.74) is 14.9. The molecule has 0 amide bonds. The molecule has 0 saturated carbocycles. The van der Waals surface area contributed by atoms with Crippen molar-refractivity contribution in [1.82, 2.24) is 77.0 Å². The van der Waals surface area contributed by atoms with Crippen LogP contribution in [0, 0.1) is 5.82 Å². The van der Waals surface area contributed by atoms with Crippen LogP contribution in [0.3, 0.4) is 0 Å². The van der Waals surface area contributed by atoms with Crippen LogP contribution in [0.1, 0.15) is 51.4 Å². The van der Waals surface area contributed by atoms with Crippen molar-refractivity contribution in [3.05, 3.63) is 344 Å². The molecule has 0 aliphatic carbocycles. The van der Waals surface area contributed by atoms with E-state index in [1.807, 2.05) is 194 Å². The third-order valence-electron chi connectivity index (χ3n) is 24.1. The molecule has 9 aromatic carbocycles.